The van der Waals surface area contributed by atoms with Gasteiger partial charge in [0.2, 0.25) is 0 Å². The van der Waals surface area contributed by atoms with E-state index in [2.05, 4.69) is 15.9 Å². The number of rotatable bonds is 4. The van der Waals surface area contributed by atoms with Crippen LogP contribution in [0.2, 0.25) is 0 Å². The molecular weight excluding hydrogens is 296 g/mol. The summed E-state index contributed by atoms with van der Waals surface area (Å²) in [5, 5.41) is 0. The summed E-state index contributed by atoms with van der Waals surface area (Å²) in [6, 6.07) is 3.48. The average molecular weight is 315 g/mol. The van der Waals surface area contributed by atoms with Gasteiger partial charge < -0.3 is 9.47 Å². The van der Waals surface area contributed by atoms with Crippen molar-refractivity contribution in [2.45, 2.75) is 27.2 Å². The predicted molar refractivity (Wildman–Crippen MR) is 75.6 cm³/mol. The highest BCUT2D eigenvalue weighted by molar-refractivity contribution is 9.10. The first-order chi connectivity index (χ1) is 8.28. The topological polar surface area (TPSA) is 35.5 Å². The molecule has 0 bridgehead atoms. The fraction of sp³-hybridized carbons (Fsp3) is 0.500. The van der Waals surface area contributed by atoms with Crippen LogP contribution >= 0.6 is 15.9 Å². The van der Waals surface area contributed by atoms with E-state index in [-0.39, 0.29) is 11.2 Å². The Hall–Kier alpha value is -1.03. The Morgan fingerprint density at radius 3 is 2.17 bits per heavy atom. The molecule has 0 N–H and O–H groups in total. The fourth-order valence-corrected chi connectivity index (χ4v) is 2.14. The van der Waals surface area contributed by atoms with Crippen LogP contribution in [0.3, 0.4) is 0 Å². The summed E-state index contributed by atoms with van der Waals surface area (Å²) >= 11 is 3.38. The molecule has 0 atom stereocenters. The summed E-state index contributed by atoms with van der Waals surface area (Å²) in [6.07, 6.45) is 0.466. The SMILES string of the molecule is COc1cc(C(=O)CC(C)(C)C)c(OC)cc1Br. The van der Waals surface area contributed by atoms with Crippen molar-refractivity contribution in [3.63, 3.8) is 0 Å². The van der Waals surface area contributed by atoms with Crippen molar-refractivity contribution in [1.29, 1.82) is 0 Å². The van der Waals surface area contributed by atoms with Crippen LogP contribution in [-0.4, -0.2) is 20.0 Å². The van der Waals surface area contributed by atoms with Crippen molar-refractivity contribution in [3.8, 4) is 11.5 Å². The molecular formula is C14H19BrO3. The standard InChI is InChI=1S/C14H19BrO3/c1-14(2,3)8-11(16)9-6-13(18-5)10(15)7-12(9)17-4/h6-7H,8H2,1-5H3. The fourth-order valence-electron chi connectivity index (χ4n) is 1.66. The van der Waals surface area contributed by atoms with Gasteiger partial charge in [-0.05, 0) is 33.5 Å². The van der Waals surface area contributed by atoms with Crippen molar-refractivity contribution in [1.82, 2.24) is 0 Å². The van der Waals surface area contributed by atoms with Crippen molar-refractivity contribution in [3.05, 3.63) is 22.2 Å². The van der Waals surface area contributed by atoms with E-state index in [4.69, 9.17) is 9.47 Å². The zero-order valence-electron chi connectivity index (χ0n) is 11.5. The van der Waals surface area contributed by atoms with E-state index in [1.54, 1.807) is 26.4 Å². The lowest BCUT2D eigenvalue weighted by atomic mass is 9.87. The Kier molecular flexibility index (Phi) is 4.79. The van der Waals surface area contributed by atoms with Gasteiger partial charge >= 0.3 is 0 Å². The molecule has 0 aliphatic heterocycles. The molecule has 0 fully saturated rings. The molecule has 3 nitrogen and oxygen atoms in total. The number of ether oxygens (including phenoxy) is 2. The summed E-state index contributed by atoms with van der Waals surface area (Å²) in [4.78, 5) is 12.3. The second-order valence-electron chi connectivity index (χ2n) is 5.35. The Bertz CT molecular complexity index is 447. The van der Waals surface area contributed by atoms with Gasteiger partial charge in [0.15, 0.2) is 5.78 Å². The number of hydrogen-bond acceptors (Lipinski definition) is 3. The number of hydrogen-bond donors (Lipinski definition) is 0. The van der Waals surface area contributed by atoms with Gasteiger partial charge in [-0.3, -0.25) is 4.79 Å². The summed E-state index contributed by atoms with van der Waals surface area (Å²) < 4.78 is 11.2. The van der Waals surface area contributed by atoms with Crippen LogP contribution in [0.15, 0.2) is 16.6 Å². The van der Waals surface area contributed by atoms with Crippen LogP contribution in [-0.2, 0) is 0 Å². The maximum Gasteiger partial charge on any atom is 0.167 e. The molecule has 0 aromatic heterocycles. The van der Waals surface area contributed by atoms with Crippen molar-refractivity contribution >= 4 is 21.7 Å². The van der Waals surface area contributed by atoms with Gasteiger partial charge in [-0.15, -0.1) is 0 Å². The van der Waals surface area contributed by atoms with E-state index in [1.807, 2.05) is 20.8 Å². The van der Waals surface area contributed by atoms with Gasteiger partial charge in [0.25, 0.3) is 0 Å². The Morgan fingerprint density at radius 2 is 1.72 bits per heavy atom. The first-order valence-electron chi connectivity index (χ1n) is 5.73. The summed E-state index contributed by atoms with van der Waals surface area (Å²) in [5.41, 5.74) is 0.509. The smallest absolute Gasteiger partial charge is 0.167 e. The second-order valence-corrected chi connectivity index (χ2v) is 6.20. The van der Waals surface area contributed by atoms with E-state index < -0.39 is 0 Å². The van der Waals surface area contributed by atoms with E-state index in [0.29, 0.717) is 23.5 Å². The van der Waals surface area contributed by atoms with Crippen LogP contribution < -0.4 is 9.47 Å². The Labute approximate surface area is 117 Å². The highest BCUT2D eigenvalue weighted by atomic mass is 79.9. The molecule has 1 rings (SSSR count). The second kappa shape index (κ2) is 5.74. The number of benzene rings is 1. The third-order valence-corrected chi connectivity index (χ3v) is 3.08. The minimum absolute atomic E-state index is 0.0532. The minimum atomic E-state index is -0.0532. The molecule has 0 radical (unpaired) electrons. The van der Waals surface area contributed by atoms with Crippen LogP contribution in [0.25, 0.3) is 0 Å². The van der Waals surface area contributed by atoms with E-state index in [9.17, 15) is 4.79 Å². The Morgan fingerprint density at radius 1 is 1.17 bits per heavy atom. The van der Waals surface area contributed by atoms with Gasteiger partial charge in [0.1, 0.15) is 11.5 Å². The van der Waals surface area contributed by atoms with Gasteiger partial charge in [-0.2, -0.15) is 0 Å². The molecule has 0 saturated carbocycles. The lowest BCUT2D eigenvalue weighted by Gasteiger charge is -2.18. The molecule has 0 aliphatic rings. The third kappa shape index (κ3) is 3.73. The molecule has 0 heterocycles. The van der Waals surface area contributed by atoms with Crippen LogP contribution in [0.5, 0.6) is 11.5 Å². The normalized spacial score (nSPS) is 11.2. The summed E-state index contributed by atoms with van der Waals surface area (Å²) in [7, 11) is 3.13. The molecule has 18 heavy (non-hydrogen) atoms. The molecule has 0 amide bonds. The van der Waals surface area contributed by atoms with Crippen molar-refractivity contribution in [2.75, 3.05) is 14.2 Å². The van der Waals surface area contributed by atoms with Crippen LogP contribution in [0, 0.1) is 5.41 Å². The number of carbonyl (C=O) groups is 1. The predicted octanol–water partition coefficient (Wildman–Crippen LogP) is 4.09. The third-order valence-electron chi connectivity index (χ3n) is 2.47. The molecule has 100 valence electrons. The lowest BCUT2D eigenvalue weighted by Crippen LogP contribution is -2.14. The van der Waals surface area contributed by atoms with Gasteiger partial charge in [-0.25, -0.2) is 0 Å². The van der Waals surface area contributed by atoms with Crippen molar-refractivity contribution < 1.29 is 14.3 Å². The number of Topliss-reactive ketones (excluding diaryl/α,β-unsaturated/α-hetero) is 1. The van der Waals surface area contributed by atoms with E-state index >= 15 is 0 Å². The molecule has 1 aromatic carbocycles. The maximum atomic E-state index is 12.3. The highest BCUT2D eigenvalue weighted by Gasteiger charge is 2.21. The first-order valence-corrected chi connectivity index (χ1v) is 6.52. The largest absolute Gasteiger partial charge is 0.496 e. The lowest BCUT2D eigenvalue weighted by molar-refractivity contribution is 0.0936. The van der Waals surface area contributed by atoms with Gasteiger partial charge in [-0.1, -0.05) is 20.8 Å². The highest BCUT2D eigenvalue weighted by Crippen LogP contribution is 2.34. The quantitative estimate of drug-likeness (QED) is 0.785. The maximum absolute atomic E-state index is 12.3. The molecule has 4 heteroatoms. The first kappa shape index (κ1) is 15.0. The molecule has 0 saturated heterocycles. The zero-order chi connectivity index (χ0) is 13.9. The number of ketones is 1. The van der Waals surface area contributed by atoms with E-state index in [1.165, 1.54) is 0 Å². The van der Waals surface area contributed by atoms with E-state index in [0.717, 1.165) is 4.47 Å². The molecule has 0 spiro atoms. The number of methoxy groups -OCH3 is 2. The number of carbonyl (C=O) groups excluding carboxylic acids is 1. The molecule has 1 aromatic rings. The monoisotopic (exact) mass is 314 g/mol. The van der Waals surface area contributed by atoms with Gasteiger partial charge in [0.05, 0.1) is 24.3 Å². The number of halogens is 1. The summed E-state index contributed by atoms with van der Waals surface area (Å²) in [6.45, 7) is 6.11. The van der Waals surface area contributed by atoms with Crippen LogP contribution in [0.4, 0.5) is 0 Å². The summed E-state index contributed by atoms with van der Waals surface area (Å²) in [5.74, 6) is 1.26. The van der Waals surface area contributed by atoms with Crippen LogP contribution in [0.1, 0.15) is 37.6 Å². The Balaban J connectivity index is 3.17. The zero-order valence-corrected chi connectivity index (χ0v) is 13.1. The van der Waals surface area contributed by atoms with Gasteiger partial charge in [0, 0.05) is 6.42 Å². The minimum Gasteiger partial charge on any atom is -0.496 e. The van der Waals surface area contributed by atoms with Crippen molar-refractivity contribution in [2.24, 2.45) is 5.41 Å². The molecule has 0 aliphatic carbocycles. The molecule has 0 unspecified atom stereocenters. The average Bonchev–Trinajstić information content (AvgIpc) is 2.26.